The minimum atomic E-state index is 0.619. The largest absolute Gasteiger partial charge is 0.384 e. The van der Waals surface area contributed by atoms with Gasteiger partial charge in [-0.1, -0.05) is 18.2 Å². The molecule has 2 N–H and O–H groups in total. The zero-order valence-electron chi connectivity index (χ0n) is 8.42. The Morgan fingerprint density at radius 1 is 1.50 bits per heavy atom. The molecular weight excluding hydrogens is 176 g/mol. The van der Waals surface area contributed by atoms with Crippen LogP contribution in [0.2, 0.25) is 0 Å². The maximum Gasteiger partial charge on any atom is 0.0572 e. The second kappa shape index (κ2) is 4.44. The quantitative estimate of drug-likeness (QED) is 0.563. The Kier molecular flexibility index (Phi) is 3.01. The first-order chi connectivity index (χ1) is 6.92. The van der Waals surface area contributed by atoms with E-state index >= 15 is 0 Å². The van der Waals surface area contributed by atoms with Gasteiger partial charge in [-0.25, -0.2) is 5.48 Å². The molecule has 0 saturated heterocycles. The van der Waals surface area contributed by atoms with Gasteiger partial charge in [-0.15, -0.1) is 0 Å². The van der Waals surface area contributed by atoms with E-state index in [0.717, 1.165) is 19.5 Å². The van der Waals surface area contributed by atoms with Crippen LogP contribution in [0.3, 0.4) is 0 Å². The summed E-state index contributed by atoms with van der Waals surface area (Å²) in [5.74, 6) is 0.619. The van der Waals surface area contributed by atoms with Crippen molar-refractivity contribution in [1.29, 1.82) is 0 Å². The lowest BCUT2D eigenvalue weighted by atomic mass is 9.98. The van der Waals surface area contributed by atoms with E-state index in [-0.39, 0.29) is 0 Å². The topological polar surface area (TPSA) is 33.3 Å². The fourth-order valence-corrected chi connectivity index (χ4v) is 1.95. The predicted octanol–water partition coefficient (Wildman–Crippen LogP) is 1.74. The number of anilines is 1. The molecule has 0 aromatic heterocycles. The zero-order valence-corrected chi connectivity index (χ0v) is 8.42. The molecule has 0 bridgehead atoms. The average molecular weight is 192 g/mol. The smallest absolute Gasteiger partial charge is 0.0572 e. The van der Waals surface area contributed by atoms with Gasteiger partial charge in [-0.3, -0.25) is 0 Å². The van der Waals surface area contributed by atoms with E-state index in [1.165, 1.54) is 11.3 Å². The molecule has 1 aliphatic heterocycles. The van der Waals surface area contributed by atoms with Crippen molar-refractivity contribution in [3.63, 3.8) is 0 Å². The minimum Gasteiger partial charge on any atom is -0.384 e. The summed E-state index contributed by atoms with van der Waals surface area (Å²) in [5.41, 5.74) is 5.60. The number of para-hydroxylation sites is 1. The van der Waals surface area contributed by atoms with Crippen molar-refractivity contribution in [3.05, 3.63) is 29.8 Å². The number of hydrogen-bond acceptors (Lipinski definition) is 3. The van der Waals surface area contributed by atoms with Crippen molar-refractivity contribution in [1.82, 2.24) is 5.48 Å². The highest BCUT2D eigenvalue weighted by atomic mass is 16.6. The van der Waals surface area contributed by atoms with Gasteiger partial charge in [0.25, 0.3) is 0 Å². The Morgan fingerprint density at radius 2 is 2.36 bits per heavy atom. The number of benzene rings is 1. The summed E-state index contributed by atoms with van der Waals surface area (Å²) < 4.78 is 0. The average Bonchev–Trinajstić information content (AvgIpc) is 2.63. The van der Waals surface area contributed by atoms with E-state index in [1.807, 2.05) is 0 Å². The van der Waals surface area contributed by atoms with Gasteiger partial charge in [0.05, 0.1) is 7.11 Å². The van der Waals surface area contributed by atoms with Gasteiger partial charge in [-0.2, -0.15) is 0 Å². The van der Waals surface area contributed by atoms with Crippen LogP contribution >= 0.6 is 0 Å². The molecule has 0 saturated carbocycles. The van der Waals surface area contributed by atoms with Crippen LogP contribution in [0.1, 0.15) is 17.9 Å². The summed E-state index contributed by atoms with van der Waals surface area (Å²) in [6, 6.07) is 8.51. The first-order valence-electron chi connectivity index (χ1n) is 5.00. The molecule has 2 rings (SSSR count). The van der Waals surface area contributed by atoms with E-state index in [9.17, 15) is 0 Å². The minimum absolute atomic E-state index is 0.619. The van der Waals surface area contributed by atoms with Gasteiger partial charge in [-0.05, 0) is 18.1 Å². The third-order valence-corrected chi connectivity index (χ3v) is 2.68. The molecule has 3 nitrogen and oxygen atoms in total. The van der Waals surface area contributed by atoms with E-state index in [0.29, 0.717) is 5.92 Å². The van der Waals surface area contributed by atoms with Gasteiger partial charge < -0.3 is 10.2 Å². The summed E-state index contributed by atoms with van der Waals surface area (Å²) in [4.78, 5) is 4.82. The second-order valence-electron chi connectivity index (χ2n) is 3.55. The monoisotopic (exact) mass is 192 g/mol. The fourth-order valence-electron chi connectivity index (χ4n) is 1.95. The van der Waals surface area contributed by atoms with Crippen LogP contribution in [-0.2, 0) is 4.84 Å². The SMILES string of the molecule is CONCCC1CNc2ccccc21. The van der Waals surface area contributed by atoms with Crippen molar-refractivity contribution in [2.24, 2.45) is 0 Å². The lowest BCUT2D eigenvalue weighted by Crippen LogP contribution is -2.16. The molecule has 1 aromatic carbocycles. The maximum atomic E-state index is 4.82. The Bertz CT molecular complexity index is 301. The van der Waals surface area contributed by atoms with Crippen LogP contribution < -0.4 is 10.8 Å². The molecule has 0 fully saturated rings. The Balaban J connectivity index is 1.96. The van der Waals surface area contributed by atoms with Crippen molar-refractivity contribution in [2.45, 2.75) is 12.3 Å². The zero-order chi connectivity index (χ0) is 9.80. The number of hydroxylamine groups is 1. The molecule has 1 heterocycles. The van der Waals surface area contributed by atoms with Crippen LogP contribution in [0.4, 0.5) is 5.69 Å². The Hall–Kier alpha value is -1.06. The highest BCUT2D eigenvalue weighted by Crippen LogP contribution is 2.32. The third kappa shape index (κ3) is 1.89. The van der Waals surface area contributed by atoms with E-state index in [4.69, 9.17) is 4.84 Å². The normalized spacial score (nSPS) is 19.1. The van der Waals surface area contributed by atoms with E-state index in [2.05, 4.69) is 35.1 Å². The van der Waals surface area contributed by atoms with Crippen molar-refractivity contribution in [3.8, 4) is 0 Å². The second-order valence-corrected chi connectivity index (χ2v) is 3.55. The van der Waals surface area contributed by atoms with Gasteiger partial charge in [0.2, 0.25) is 0 Å². The van der Waals surface area contributed by atoms with Gasteiger partial charge in [0, 0.05) is 24.7 Å². The molecular formula is C11H16N2O. The van der Waals surface area contributed by atoms with E-state index < -0.39 is 0 Å². The summed E-state index contributed by atoms with van der Waals surface area (Å²) in [5, 5.41) is 3.41. The highest BCUT2D eigenvalue weighted by molar-refractivity contribution is 5.57. The molecule has 1 unspecified atom stereocenters. The Labute approximate surface area is 84.4 Å². The lowest BCUT2D eigenvalue weighted by Gasteiger charge is -2.09. The van der Waals surface area contributed by atoms with E-state index in [1.54, 1.807) is 7.11 Å². The first kappa shape index (κ1) is 9.49. The van der Waals surface area contributed by atoms with Crippen LogP contribution in [0.5, 0.6) is 0 Å². The molecule has 0 spiro atoms. The summed E-state index contributed by atoms with van der Waals surface area (Å²) in [6.07, 6.45) is 1.11. The van der Waals surface area contributed by atoms with Crippen molar-refractivity contribution < 1.29 is 4.84 Å². The van der Waals surface area contributed by atoms with Gasteiger partial charge >= 0.3 is 0 Å². The predicted molar refractivity (Wildman–Crippen MR) is 57.3 cm³/mol. The third-order valence-electron chi connectivity index (χ3n) is 2.68. The molecule has 0 amide bonds. The number of fused-ring (bicyclic) bond motifs is 1. The standard InChI is InChI=1S/C11H16N2O/c1-14-13-7-6-9-8-12-11-5-3-2-4-10(9)11/h2-5,9,12-13H,6-8H2,1H3. The fraction of sp³-hybridized carbons (Fsp3) is 0.455. The molecule has 1 aromatic rings. The van der Waals surface area contributed by atoms with Crippen LogP contribution in [0.15, 0.2) is 24.3 Å². The number of hydrogen-bond donors (Lipinski definition) is 2. The van der Waals surface area contributed by atoms with Crippen molar-refractivity contribution >= 4 is 5.69 Å². The molecule has 0 aliphatic carbocycles. The van der Waals surface area contributed by atoms with Crippen LogP contribution in [0, 0.1) is 0 Å². The number of rotatable bonds is 4. The van der Waals surface area contributed by atoms with Crippen molar-refractivity contribution in [2.75, 3.05) is 25.5 Å². The van der Waals surface area contributed by atoms with Gasteiger partial charge in [0.15, 0.2) is 0 Å². The molecule has 3 heteroatoms. The Morgan fingerprint density at radius 3 is 3.21 bits per heavy atom. The number of nitrogens with one attached hydrogen (secondary N) is 2. The first-order valence-corrected chi connectivity index (χ1v) is 5.00. The maximum absolute atomic E-state index is 4.82. The molecule has 1 aliphatic rings. The molecule has 76 valence electrons. The lowest BCUT2D eigenvalue weighted by molar-refractivity contribution is 0.0898. The van der Waals surface area contributed by atoms with Crippen LogP contribution in [0.25, 0.3) is 0 Å². The highest BCUT2D eigenvalue weighted by Gasteiger charge is 2.20. The summed E-state index contributed by atoms with van der Waals surface area (Å²) >= 11 is 0. The summed E-state index contributed by atoms with van der Waals surface area (Å²) in [6.45, 7) is 1.95. The van der Waals surface area contributed by atoms with Gasteiger partial charge in [0.1, 0.15) is 0 Å². The molecule has 0 radical (unpaired) electrons. The summed E-state index contributed by atoms with van der Waals surface area (Å²) in [7, 11) is 1.65. The molecule has 14 heavy (non-hydrogen) atoms. The molecule has 1 atom stereocenters. The van der Waals surface area contributed by atoms with Crippen LogP contribution in [-0.4, -0.2) is 20.2 Å².